The number of methoxy groups -OCH3 is 2. The molecule has 0 spiro atoms. The van der Waals surface area contributed by atoms with Gasteiger partial charge in [-0.3, -0.25) is 9.59 Å². The Morgan fingerprint density at radius 3 is 2.18 bits per heavy atom. The SMILES string of the molecule is CCCCCCc1ccc(C(=O)N(CCCOCC)CC(=O)N(CCc2ccc(OC)c(OC)c2)Cc2ccc(C)s2)cc1. The second-order valence-electron chi connectivity index (χ2n) is 11.1. The largest absolute Gasteiger partial charge is 0.493 e. The molecule has 0 aliphatic heterocycles. The van der Waals surface area contributed by atoms with Crippen molar-refractivity contribution in [2.24, 2.45) is 0 Å². The third-order valence-corrected chi connectivity index (χ3v) is 8.65. The monoisotopic (exact) mass is 622 g/mol. The van der Waals surface area contributed by atoms with Crippen molar-refractivity contribution in [1.82, 2.24) is 9.80 Å². The lowest BCUT2D eigenvalue weighted by Crippen LogP contribution is -2.44. The van der Waals surface area contributed by atoms with Gasteiger partial charge < -0.3 is 24.0 Å². The van der Waals surface area contributed by atoms with E-state index in [2.05, 4.69) is 26.0 Å². The van der Waals surface area contributed by atoms with Crippen LogP contribution in [0.2, 0.25) is 0 Å². The maximum atomic E-state index is 13.9. The second kappa shape index (κ2) is 19.1. The van der Waals surface area contributed by atoms with E-state index in [9.17, 15) is 9.59 Å². The molecule has 3 aromatic rings. The fourth-order valence-electron chi connectivity index (χ4n) is 5.12. The van der Waals surface area contributed by atoms with Crippen LogP contribution in [0, 0.1) is 6.92 Å². The van der Waals surface area contributed by atoms with Gasteiger partial charge in [0.15, 0.2) is 11.5 Å². The van der Waals surface area contributed by atoms with Crippen molar-refractivity contribution in [1.29, 1.82) is 0 Å². The average molecular weight is 623 g/mol. The van der Waals surface area contributed by atoms with Gasteiger partial charge in [0.05, 0.1) is 20.8 Å². The molecular weight excluding hydrogens is 572 g/mol. The maximum absolute atomic E-state index is 13.9. The molecule has 0 saturated heterocycles. The molecule has 44 heavy (non-hydrogen) atoms. The third-order valence-electron chi connectivity index (χ3n) is 7.67. The summed E-state index contributed by atoms with van der Waals surface area (Å²) in [6.07, 6.45) is 7.17. The van der Waals surface area contributed by atoms with Gasteiger partial charge in [-0.1, -0.05) is 44.4 Å². The highest BCUT2D eigenvalue weighted by Gasteiger charge is 2.23. The molecular formula is C36H50N2O5S. The molecule has 0 aliphatic carbocycles. The molecule has 0 radical (unpaired) electrons. The van der Waals surface area contributed by atoms with E-state index in [1.807, 2.05) is 54.3 Å². The van der Waals surface area contributed by atoms with Gasteiger partial charge in [-0.05, 0) is 87.1 Å². The van der Waals surface area contributed by atoms with Crippen LogP contribution in [0.15, 0.2) is 54.6 Å². The Balaban J connectivity index is 1.75. The fourth-order valence-corrected chi connectivity index (χ4v) is 6.03. The van der Waals surface area contributed by atoms with Crippen molar-refractivity contribution in [3.05, 3.63) is 81.0 Å². The number of hydrogen-bond acceptors (Lipinski definition) is 6. The number of aryl methyl sites for hydroxylation is 2. The van der Waals surface area contributed by atoms with Crippen LogP contribution < -0.4 is 9.47 Å². The average Bonchev–Trinajstić information content (AvgIpc) is 3.46. The summed E-state index contributed by atoms with van der Waals surface area (Å²) in [7, 11) is 3.24. The van der Waals surface area contributed by atoms with Gasteiger partial charge in [0.25, 0.3) is 5.91 Å². The molecule has 1 heterocycles. The highest BCUT2D eigenvalue weighted by molar-refractivity contribution is 7.11. The number of rotatable bonds is 20. The van der Waals surface area contributed by atoms with Crippen LogP contribution in [-0.4, -0.2) is 68.7 Å². The van der Waals surface area contributed by atoms with Crippen LogP contribution in [0.25, 0.3) is 0 Å². The van der Waals surface area contributed by atoms with Crippen LogP contribution >= 0.6 is 11.3 Å². The lowest BCUT2D eigenvalue weighted by Gasteiger charge is -2.28. The molecule has 3 rings (SSSR count). The first-order valence-electron chi connectivity index (χ1n) is 15.9. The number of ether oxygens (including phenoxy) is 3. The Kier molecular flexibility index (Phi) is 15.3. The normalized spacial score (nSPS) is 10.9. The standard InChI is InChI=1S/C36H50N2O5S/c1-6-8-9-10-12-29-14-17-31(18-15-29)36(40)38(22-11-24-43-7-2)27-35(39)37(26-32-19-13-28(3)44-32)23-21-30-16-20-33(41-4)34(25-30)42-5/h13-20,25H,6-12,21-24,26-27H2,1-5H3. The van der Waals surface area contributed by atoms with Gasteiger partial charge in [0, 0.05) is 41.6 Å². The first-order valence-corrected chi connectivity index (χ1v) is 16.7. The van der Waals surface area contributed by atoms with Gasteiger partial charge >= 0.3 is 0 Å². The predicted molar refractivity (Wildman–Crippen MR) is 179 cm³/mol. The van der Waals surface area contributed by atoms with Crippen molar-refractivity contribution < 1.29 is 23.8 Å². The van der Waals surface area contributed by atoms with E-state index in [0.29, 0.717) is 62.8 Å². The highest BCUT2D eigenvalue weighted by Crippen LogP contribution is 2.28. The zero-order valence-electron chi connectivity index (χ0n) is 27.2. The number of hydrogen-bond donors (Lipinski definition) is 0. The van der Waals surface area contributed by atoms with Crippen LogP contribution in [-0.2, 0) is 28.9 Å². The van der Waals surface area contributed by atoms with E-state index in [-0.39, 0.29) is 18.4 Å². The van der Waals surface area contributed by atoms with Crippen LogP contribution in [0.1, 0.15) is 77.2 Å². The summed E-state index contributed by atoms with van der Waals surface area (Å²) in [6, 6.07) is 17.9. The Morgan fingerprint density at radius 2 is 1.52 bits per heavy atom. The first-order chi connectivity index (χ1) is 21.4. The molecule has 0 unspecified atom stereocenters. The second-order valence-corrected chi connectivity index (χ2v) is 12.4. The van der Waals surface area contributed by atoms with Crippen molar-refractivity contribution >= 4 is 23.2 Å². The molecule has 2 amide bonds. The van der Waals surface area contributed by atoms with Crippen LogP contribution in [0.3, 0.4) is 0 Å². The number of amides is 2. The molecule has 0 aliphatic rings. The predicted octanol–water partition coefficient (Wildman–Crippen LogP) is 7.34. The highest BCUT2D eigenvalue weighted by atomic mass is 32.1. The molecule has 0 N–H and O–H groups in total. The van der Waals surface area contributed by atoms with E-state index < -0.39 is 0 Å². The molecule has 0 atom stereocenters. The van der Waals surface area contributed by atoms with Crippen molar-refractivity contribution in [2.75, 3.05) is 47.1 Å². The summed E-state index contributed by atoms with van der Waals surface area (Å²) in [6.45, 7) is 8.88. The zero-order valence-corrected chi connectivity index (χ0v) is 28.0. The van der Waals surface area contributed by atoms with E-state index in [1.165, 1.54) is 29.7 Å². The molecule has 240 valence electrons. The molecule has 0 bridgehead atoms. The van der Waals surface area contributed by atoms with Gasteiger partial charge in [0.1, 0.15) is 6.54 Å². The van der Waals surface area contributed by atoms with Gasteiger partial charge in [0.2, 0.25) is 5.91 Å². The lowest BCUT2D eigenvalue weighted by molar-refractivity contribution is -0.132. The molecule has 8 heteroatoms. The lowest BCUT2D eigenvalue weighted by atomic mass is 10.0. The van der Waals surface area contributed by atoms with E-state index in [0.717, 1.165) is 23.3 Å². The van der Waals surface area contributed by atoms with E-state index in [4.69, 9.17) is 14.2 Å². The first kappa shape index (κ1) is 35.1. The van der Waals surface area contributed by atoms with Crippen LogP contribution in [0.4, 0.5) is 0 Å². The minimum atomic E-state index is -0.126. The molecule has 0 fully saturated rings. The molecule has 0 saturated carbocycles. The Labute approximate surface area is 268 Å². The number of thiophene rings is 1. The minimum absolute atomic E-state index is 0.0139. The number of carbonyl (C=O) groups excluding carboxylic acids is 2. The zero-order chi connectivity index (χ0) is 31.7. The quantitative estimate of drug-likeness (QED) is 0.123. The van der Waals surface area contributed by atoms with E-state index >= 15 is 0 Å². The fraction of sp³-hybridized carbons (Fsp3) is 0.500. The van der Waals surface area contributed by atoms with Crippen molar-refractivity contribution in [3.63, 3.8) is 0 Å². The smallest absolute Gasteiger partial charge is 0.254 e. The summed E-state index contributed by atoms with van der Waals surface area (Å²) < 4.78 is 16.4. The topological polar surface area (TPSA) is 68.3 Å². The van der Waals surface area contributed by atoms with Gasteiger partial charge in [-0.25, -0.2) is 0 Å². The van der Waals surface area contributed by atoms with Gasteiger partial charge in [-0.15, -0.1) is 11.3 Å². The number of benzene rings is 2. The number of nitrogens with zero attached hydrogens (tertiary/aromatic N) is 2. The molecule has 1 aromatic heterocycles. The van der Waals surface area contributed by atoms with Crippen molar-refractivity contribution in [3.8, 4) is 11.5 Å². The number of unbranched alkanes of at least 4 members (excludes halogenated alkanes) is 3. The summed E-state index contributed by atoms with van der Waals surface area (Å²) in [4.78, 5) is 33.5. The van der Waals surface area contributed by atoms with Crippen LogP contribution in [0.5, 0.6) is 11.5 Å². The summed E-state index contributed by atoms with van der Waals surface area (Å²) >= 11 is 1.69. The number of carbonyl (C=O) groups is 2. The summed E-state index contributed by atoms with van der Waals surface area (Å²) in [5.41, 5.74) is 2.89. The summed E-state index contributed by atoms with van der Waals surface area (Å²) in [5, 5.41) is 0. The molecule has 2 aromatic carbocycles. The third kappa shape index (κ3) is 11.3. The Hall–Kier alpha value is -3.36. The molecule has 7 nitrogen and oxygen atoms in total. The Morgan fingerprint density at radius 1 is 0.773 bits per heavy atom. The summed E-state index contributed by atoms with van der Waals surface area (Å²) in [5.74, 6) is 1.13. The Bertz CT molecular complexity index is 1290. The minimum Gasteiger partial charge on any atom is -0.493 e. The van der Waals surface area contributed by atoms with E-state index in [1.54, 1.807) is 30.5 Å². The van der Waals surface area contributed by atoms with Crippen molar-refractivity contribution in [2.45, 2.75) is 72.3 Å². The maximum Gasteiger partial charge on any atom is 0.254 e. The van der Waals surface area contributed by atoms with Gasteiger partial charge in [-0.2, -0.15) is 0 Å².